The van der Waals surface area contributed by atoms with E-state index in [1.54, 1.807) is 11.9 Å². The molecule has 9 nitrogen and oxygen atoms in total. The zero-order valence-corrected chi connectivity index (χ0v) is 20.4. The van der Waals surface area contributed by atoms with E-state index in [0.29, 0.717) is 32.2 Å². The highest BCUT2D eigenvalue weighted by Crippen LogP contribution is 2.47. The van der Waals surface area contributed by atoms with E-state index in [9.17, 15) is 27.9 Å². The summed E-state index contributed by atoms with van der Waals surface area (Å²) in [6.07, 6.45) is 6.03. The summed E-state index contributed by atoms with van der Waals surface area (Å²) in [5, 5.41) is 12.5. The van der Waals surface area contributed by atoms with Gasteiger partial charge in [0.1, 0.15) is 5.54 Å². The van der Waals surface area contributed by atoms with Crippen molar-refractivity contribution in [2.75, 3.05) is 13.6 Å². The molecule has 0 aromatic rings. The second-order valence-corrected chi connectivity index (χ2v) is 11.8. The van der Waals surface area contributed by atoms with Crippen LogP contribution >= 0.6 is 0 Å². The average Bonchev–Trinajstić information content (AvgIpc) is 3.67. The van der Waals surface area contributed by atoms with Crippen molar-refractivity contribution in [3.63, 3.8) is 0 Å². The van der Waals surface area contributed by atoms with Crippen LogP contribution in [0.3, 0.4) is 0 Å². The number of sulfonamides is 1. The number of amides is 3. The lowest BCUT2D eigenvalue weighted by Crippen LogP contribution is -2.54. The number of nitrogens with one attached hydrogen (secondary N) is 2. The maximum Gasteiger partial charge on any atom is 0.259 e. The molecule has 3 rings (SSSR count). The van der Waals surface area contributed by atoms with Crippen molar-refractivity contribution in [2.45, 2.75) is 81.6 Å². The van der Waals surface area contributed by atoms with E-state index in [-0.39, 0.29) is 24.7 Å². The molecule has 5 atom stereocenters. The van der Waals surface area contributed by atoms with Crippen LogP contribution in [0.15, 0.2) is 12.7 Å². The minimum absolute atomic E-state index is 0.140. The van der Waals surface area contributed by atoms with Gasteiger partial charge in [0.15, 0.2) is 0 Å². The molecule has 186 valence electrons. The summed E-state index contributed by atoms with van der Waals surface area (Å²) in [5.74, 6) is -2.95. The van der Waals surface area contributed by atoms with Crippen LogP contribution in [0.1, 0.15) is 64.7 Å². The number of hydrogen-bond acceptors (Lipinski definition) is 6. The van der Waals surface area contributed by atoms with Gasteiger partial charge in [-0.2, -0.15) is 0 Å². The van der Waals surface area contributed by atoms with Crippen LogP contribution in [0.25, 0.3) is 0 Å². The van der Waals surface area contributed by atoms with E-state index in [0.717, 1.165) is 19.3 Å². The highest BCUT2D eigenvalue weighted by Gasteiger charge is 2.62. The summed E-state index contributed by atoms with van der Waals surface area (Å²) >= 11 is 0. The Hall–Kier alpha value is -1.94. The van der Waals surface area contributed by atoms with Crippen molar-refractivity contribution >= 4 is 27.7 Å². The van der Waals surface area contributed by atoms with Crippen LogP contribution in [0.2, 0.25) is 0 Å². The predicted molar refractivity (Wildman–Crippen MR) is 123 cm³/mol. The Labute approximate surface area is 196 Å². The zero-order chi connectivity index (χ0) is 24.4. The number of aliphatic hydroxyl groups excluding tert-OH is 1. The third-order valence-electron chi connectivity index (χ3n) is 7.27. The van der Waals surface area contributed by atoms with E-state index in [1.165, 1.54) is 0 Å². The Kier molecular flexibility index (Phi) is 7.88. The first kappa shape index (κ1) is 25.7. The van der Waals surface area contributed by atoms with Crippen molar-refractivity contribution in [3.05, 3.63) is 12.7 Å². The van der Waals surface area contributed by atoms with E-state index in [1.807, 2.05) is 13.0 Å². The van der Waals surface area contributed by atoms with Crippen molar-refractivity contribution < 1.29 is 27.9 Å². The molecule has 3 saturated carbocycles. The van der Waals surface area contributed by atoms with Crippen LogP contribution in [0, 0.1) is 17.8 Å². The van der Waals surface area contributed by atoms with Crippen LogP contribution < -0.4 is 10.0 Å². The smallest absolute Gasteiger partial charge is 0.259 e. The molecule has 3 amide bonds. The number of aliphatic hydroxyl groups is 1. The van der Waals surface area contributed by atoms with E-state index < -0.39 is 50.6 Å². The summed E-state index contributed by atoms with van der Waals surface area (Å²) in [6, 6.07) is 0. The summed E-state index contributed by atoms with van der Waals surface area (Å²) in [4.78, 5) is 40.8. The number of carbonyl (C=O) groups excluding carboxylic acids is 3. The maximum atomic E-state index is 13.2. The van der Waals surface area contributed by atoms with Crippen molar-refractivity contribution in [3.8, 4) is 0 Å². The molecular weight excluding hydrogens is 446 g/mol. The molecule has 0 aromatic heterocycles. The second-order valence-electron chi connectivity index (χ2n) is 9.83. The molecule has 3 N–H and O–H groups in total. The Bertz CT molecular complexity index is 887. The zero-order valence-electron chi connectivity index (χ0n) is 19.6. The summed E-state index contributed by atoms with van der Waals surface area (Å²) in [6.45, 7) is 6.12. The first-order chi connectivity index (χ1) is 15.6. The average molecular weight is 484 g/mol. The van der Waals surface area contributed by atoms with E-state index in [4.69, 9.17) is 0 Å². The molecule has 0 aliphatic heterocycles. The Morgan fingerprint density at radius 2 is 1.85 bits per heavy atom. The molecule has 0 spiro atoms. The molecule has 0 unspecified atom stereocenters. The largest absolute Gasteiger partial charge is 0.393 e. The first-order valence-electron chi connectivity index (χ1n) is 12.0. The Morgan fingerprint density at radius 3 is 2.42 bits per heavy atom. The summed E-state index contributed by atoms with van der Waals surface area (Å²) < 4.78 is 26.7. The van der Waals surface area contributed by atoms with Crippen molar-refractivity contribution in [2.24, 2.45) is 17.8 Å². The normalized spacial score (nSPS) is 31.0. The Balaban J connectivity index is 1.66. The maximum absolute atomic E-state index is 13.2. The number of allylic oxidation sites excluding steroid dienone is 1. The third-order valence-corrected chi connectivity index (χ3v) is 9.09. The van der Waals surface area contributed by atoms with Crippen LogP contribution in [-0.4, -0.2) is 66.6 Å². The molecule has 3 fully saturated rings. The number of unbranched alkanes of at least 4 members (excludes halogenated alkanes) is 2. The Morgan fingerprint density at radius 1 is 1.18 bits per heavy atom. The molecule has 3 aliphatic rings. The van der Waals surface area contributed by atoms with Gasteiger partial charge in [0.05, 0.1) is 23.2 Å². The van der Waals surface area contributed by atoms with Crippen LogP contribution in [0.5, 0.6) is 0 Å². The number of carbonyl (C=O) groups is 3. The molecule has 0 radical (unpaired) electrons. The second kappa shape index (κ2) is 10.1. The van der Waals surface area contributed by atoms with Gasteiger partial charge < -0.3 is 15.3 Å². The molecule has 0 aromatic carbocycles. The number of hydrogen-bond donors (Lipinski definition) is 3. The fourth-order valence-electron chi connectivity index (χ4n) is 4.91. The minimum Gasteiger partial charge on any atom is -0.393 e. The van der Waals surface area contributed by atoms with E-state index in [2.05, 4.69) is 16.6 Å². The van der Waals surface area contributed by atoms with Gasteiger partial charge >= 0.3 is 0 Å². The summed E-state index contributed by atoms with van der Waals surface area (Å²) in [7, 11) is -2.04. The van der Waals surface area contributed by atoms with Gasteiger partial charge in [-0.15, -0.1) is 6.58 Å². The highest BCUT2D eigenvalue weighted by molar-refractivity contribution is 7.91. The minimum atomic E-state index is -3.73. The third kappa shape index (κ3) is 5.77. The van der Waals surface area contributed by atoms with Crippen molar-refractivity contribution in [1.82, 2.24) is 14.9 Å². The topological polar surface area (TPSA) is 133 Å². The lowest BCUT2D eigenvalue weighted by atomic mass is 9.93. The highest BCUT2D eigenvalue weighted by atomic mass is 32.2. The van der Waals surface area contributed by atoms with E-state index >= 15 is 0 Å². The number of nitrogens with zero attached hydrogens (tertiary/aromatic N) is 1. The van der Waals surface area contributed by atoms with Gasteiger partial charge in [0.2, 0.25) is 21.8 Å². The lowest BCUT2D eigenvalue weighted by molar-refractivity contribution is -0.140. The molecule has 0 heterocycles. The molecule has 33 heavy (non-hydrogen) atoms. The van der Waals surface area contributed by atoms with Gasteiger partial charge in [-0.25, -0.2) is 8.42 Å². The molecular formula is C23H37N3O6S. The standard InChI is InChI=1S/C23H37N3O6S/c1-4-6-7-8-11-26(3)21(29)19-13-16(27)12-18(19)20(28)24-23(14-15(23)5-2)22(30)25-33(31,32)17-9-10-17/h4,15-19,27H,1,5-14H2,2-3H3,(H,24,28)(H,25,30)/t15-,16+,18-,19-,23-/m1/s1. The summed E-state index contributed by atoms with van der Waals surface area (Å²) in [5.41, 5.74) is -1.27. The quantitative estimate of drug-likeness (QED) is 0.281. The van der Waals surface area contributed by atoms with Gasteiger partial charge in [-0.05, 0) is 57.3 Å². The number of rotatable bonds is 12. The van der Waals surface area contributed by atoms with Crippen molar-refractivity contribution in [1.29, 1.82) is 0 Å². The van der Waals surface area contributed by atoms with Gasteiger partial charge in [0.25, 0.3) is 5.91 Å². The predicted octanol–water partition coefficient (Wildman–Crippen LogP) is 1.08. The lowest BCUT2D eigenvalue weighted by Gasteiger charge is -2.26. The molecule has 0 bridgehead atoms. The van der Waals surface area contributed by atoms with Gasteiger partial charge in [-0.3, -0.25) is 19.1 Å². The molecule has 0 saturated heterocycles. The fourth-order valence-corrected chi connectivity index (χ4v) is 6.27. The monoisotopic (exact) mass is 483 g/mol. The van der Waals surface area contributed by atoms with Crippen LogP contribution in [-0.2, 0) is 24.4 Å². The SMILES string of the molecule is C=CCCCCN(C)C(=O)[C@@H]1C[C@@H](O)C[C@H]1C(=O)N[C@]1(C(=O)NS(=O)(=O)C2CC2)C[C@H]1CC. The van der Waals surface area contributed by atoms with Gasteiger partial charge in [-0.1, -0.05) is 19.4 Å². The fraction of sp³-hybridized carbons (Fsp3) is 0.783. The van der Waals surface area contributed by atoms with Crippen LogP contribution in [0.4, 0.5) is 0 Å². The van der Waals surface area contributed by atoms with Gasteiger partial charge in [0, 0.05) is 13.6 Å². The first-order valence-corrected chi connectivity index (χ1v) is 13.5. The molecule has 10 heteroatoms. The molecule has 3 aliphatic carbocycles.